The summed E-state index contributed by atoms with van der Waals surface area (Å²) < 4.78 is 32.6. The summed E-state index contributed by atoms with van der Waals surface area (Å²) in [6.07, 6.45) is 9.90. The van der Waals surface area contributed by atoms with E-state index in [9.17, 15) is 18.0 Å². The van der Waals surface area contributed by atoms with Crippen LogP contribution in [0.5, 0.6) is 0 Å². The number of nitrogens with zero attached hydrogens (tertiary/aromatic N) is 2. The molecule has 2 atom stereocenters. The third-order valence-electron chi connectivity index (χ3n) is 6.52. The van der Waals surface area contributed by atoms with Gasteiger partial charge in [0.15, 0.2) is 6.10 Å². The van der Waals surface area contributed by atoms with Gasteiger partial charge in [-0.2, -0.15) is 4.31 Å². The molecule has 2 aliphatic heterocycles. The minimum Gasteiger partial charge on any atom is -0.449 e. The van der Waals surface area contributed by atoms with Gasteiger partial charge in [-0.25, -0.2) is 13.2 Å². The first-order chi connectivity index (χ1) is 15.8. The molecule has 2 heterocycles. The number of hydrogen-bond acceptors (Lipinski definition) is 5. The zero-order valence-electron chi connectivity index (χ0n) is 19.7. The molecule has 0 aromatic heterocycles. The van der Waals surface area contributed by atoms with Gasteiger partial charge in [-0.15, -0.1) is 0 Å². The number of hydrogen-bond donors (Lipinski definition) is 0. The first-order valence-electron chi connectivity index (χ1n) is 12.1. The molecular weight excluding hydrogens is 440 g/mol. The van der Waals surface area contributed by atoms with E-state index in [4.69, 9.17) is 4.74 Å². The number of sulfonamides is 1. The Bertz CT molecular complexity index is 934. The molecule has 7 nitrogen and oxygen atoms in total. The molecule has 1 amide bonds. The fourth-order valence-electron chi connectivity index (χ4n) is 4.56. The monoisotopic (exact) mass is 476 g/mol. The van der Waals surface area contributed by atoms with Crippen LogP contribution in [-0.2, 0) is 24.3 Å². The minimum atomic E-state index is -3.50. The van der Waals surface area contributed by atoms with Crippen molar-refractivity contribution in [2.24, 2.45) is 0 Å². The Hall–Kier alpha value is -2.19. The number of rotatable bonds is 7. The van der Waals surface area contributed by atoms with Crippen molar-refractivity contribution >= 4 is 28.0 Å². The molecule has 2 saturated heterocycles. The van der Waals surface area contributed by atoms with Gasteiger partial charge in [-0.05, 0) is 69.2 Å². The van der Waals surface area contributed by atoms with Crippen molar-refractivity contribution in [3.63, 3.8) is 0 Å². The highest BCUT2D eigenvalue weighted by atomic mass is 32.2. The second kappa shape index (κ2) is 11.8. The lowest BCUT2D eigenvalue weighted by Crippen LogP contribution is -2.48. The zero-order chi connectivity index (χ0) is 23.8. The summed E-state index contributed by atoms with van der Waals surface area (Å²) in [6.45, 7) is 5.51. The SMILES string of the molecule is CCC1CCCCN1C(=O)C(C)OC(=O)/C=C/c1ccc(S(=O)(=O)N2CCCCCC2)cc1. The van der Waals surface area contributed by atoms with Crippen molar-refractivity contribution in [3.05, 3.63) is 35.9 Å². The molecule has 0 aliphatic carbocycles. The molecule has 2 unspecified atom stereocenters. The fraction of sp³-hybridized carbons (Fsp3) is 0.600. The lowest BCUT2D eigenvalue weighted by atomic mass is 9.99. The van der Waals surface area contributed by atoms with Crippen LogP contribution in [0.15, 0.2) is 35.2 Å². The molecule has 1 aromatic rings. The van der Waals surface area contributed by atoms with Crippen LogP contribution in [0.4, 0.5) is 0 Å². The second-order valence-corrected chi connectivity index (χ2v) is 10.8. The maximum absolute atomic E-state index is 12.9. The Balaban J connectivity index is 1.57. The van der Waals surface area contributed by atoms with Gasteiger partial charge in [-0.3, -0.25) is 4.79 Å². The Labute approximate surface area is 197 Å². The van der Waals surface area contributed by atoms with Crippen LogP contribution in [0, 0.1) is 0 Å². The van der Waals surface area contributed by atoms with E-state index < -0.39 is 22.1 Å². The van der Waals surface area contributed by atoms with Crippen LogP contribution in [0.1, 0.15) is 70.8 Å². The zero-order valence-corrected chi connectivity index (χ0v) is 20.6. The molecule has 0 N–H and O–H groups in total. The first-order valence-corrected chi connectivity index (χ1v) is 13.6. The van der Waals surface area contributed by atoms with E-state index in [2.05, 4.69) is 6.92 Å². The second-order valence-electron chi connectivity index (χ2n) is 8.89. The standard InChI is InChI=1S/C25H36N2O5S/c1-3-22-10-6-9-19-27(22)25(29)20(2)32-24(28)16-13-21-11-14-23(15-12-21)33(30,31)26-17-7-4-5-8-18-26/h11-16,20,22H,3-10,17-19H2,1-2H3/b16-13+. The van der Waals surface area contributed by atoms with Crippen LogP contribution < -0.4 is 0 Å². The van der Waals surface area contributed by atoms with Gasteiger partial charge in [0.1, 0.15) is 0 Å². The molecule has 2 aliphatic rings. The molecule has 1 aromatic carbocycles. The van der Waals surface area contributed by atoms with Gasteiger partial charge in [0.05, 0.1) is 4.90 Å². The third kappa shape index (κ3) is 6.67. The third-order valence-corrected chi connectivity index (χ3v) is 8.43. The van der Waals surface area contributed by atoms with Gasteiger partial charge in [-0.1, -0.05) is 31.9 Å². The summed E-state index contributed by atoms with van der Waals surface area (Å²) in [4.78, 5) is 27.1. The molecule has 2 fully saturated rings. The van der Waals surface area contributed by atoms with E-state index >= 15 is 0 Å². The predicted molar refractivity (Wildman–Crippen MR) is 128 cm³/mol. The topological polar surface area (TPSA) is 84.0 Å². The Morgan fingerprint density at radius 1 is 1.03 bits per heavy atom. The molecular formula is C25H36N2O5S. The average Bonchev–Trinajstić information content (AvgIpc) is 3.13. The van der Waals surface area contributed by atoms with E-state index in [1.807, 2.05) is 4.90 Å². The van der Waals surface area contributed by atoms with Crippen LogP contribution in [-0.4, -0.2) is 61.3 Å². The number of piperidine rings is 1. The van der Waals surface area contributed by atoms with Gasteiger partial charge in [0.2, 0.25) is 10.0 Å². The lowest BCUT2D eigenvalue weighted by molar-refractivity contribution is -0.157. The molecule has 0 spiro atoms. The minimum absolute atomic E-state index is 0.147. The number of benzene rings is 1. The molecule has 0 bridgehead atoms. The van der Waals surface area contributed by atoms with Crippen molar-refractivity contribution in [1.29, 1.82) is 0 Å². The molecule has 8 heteroatoms. The van der Waals surface area contributed by atoms with E-state index in [1.165, 1.54) is 6.08 Å². The van der Waals surface area contributed by atoms with Gasteiger partial charge in [0, 0.05) is 31.8 Å². The Kier molecular flexibility index (Phi) is 9.09. The summed E-state index contributed by atoms with van der Waals surface area (Å²) in [5, 5.41) is 0. The van der Waals surface area contributed by atoms with Gasteiger partial charge < -0.3 is 9.64 Å². The van der Waals surface area contributed by atoms with E-state index in [0.29, 0.717) is 25.2 Å². The van der Waals surface area contributed by atoms with Crippen molar-refractivity contribution < 1.29 is 22.7 Å². The van der Waals surface area contributed by atoms with Gasteiger partial charge in [0.25, 0.3) is 5.91 Å². The fourth-order valence-corrected chi connectivity index (χ4v) is 6.08. The average molecular weight is 477 g/mol. The highest BCUT2D eigenvalue weighted by molar-refractivity contribution is 7.89. The van der Waals surface area contributed by atoms with E-state index in [0.717, 1.165) is 51.4 Å². The number of carbonyl (C=O) groups excluding carboxylic acids is 2. The lowest BCUT2D eigenvalue weighted by Gasteiger charge is -2.36. The van der Waals surface area contributed by atoms with Crippen LogP contribution in [0.25, 0.3) is 6.08 Å². The number of esters is 1. The van der Waals surface area contributed by atoms with Crippen molar-refractivity contribution in [3.8, 4) is 0 Å². The van der Waals surface area contributed by atoms with Crippen LogP contribution in [0.2, 0.25) is 0 Å². The largest absolute Gasteiger partial charge is 0.449 e. The first kappa shape index (κ1) is 25.4. The van der Waals surface area contributed by atoms with Crippen LogP contribution >= 0.6 is 0 Å². The molecule has 0 radical (unpaired) electrons. The van der Waals surface area contributed by atoms with Crippen LogP contribution in [0.3, 0.4) is 0 Å². The maximum Gasteiger partial charge on any atom is 0.331 e. The van der Waals surface area contributed by atoms with Crippen molar-refractivity contribution in [1.82, 2.24) is 9.21 Å². The van der Waals surface area contributed by atoms with E-state index in [-0.39, 0.29) is 16.8 Å². The Morgan fingerprint density at radius 2 is 1.67 bits per heavy atom. The number of carbonyl (C=O) groups is 2. The highest BCUT2D eigenvalue weighted by Crippen LogP contribution is 2.22. The number of amides is 1. The molecule has 182 valence electrons. The van der Waals surface area contributed by atoms with Crippen molar-refractivity contribution in [2.75, 3.05) is 19.6 Å². The maximum atomic E-state index is 12.9. The predicted octanol–water partition coefficient (Wildman–Crippen LogP) is 3.99. The number of ether oxygens (including phenoxy) is 1. The summed E-state index contributed by atoms with van der Waals surface area (Å²) in [5.41, 5.74) is 0.683. The van der Waals surface area contributed by atoms with Gasteiger partial charge >= 0.3 is 5.97 Å². The normalized spacial score (nSPS) is 21.5. The quantitative estimate of drug-likeness (QED) is 0.439. The molecule has 3 rings (SSSR count). The Morgan fingerprint density at radius 3 is 2.30 bits per heavy atom. The van der Waals surface area contributed by atoms with E-state index in [1.54, 1.807) is 41.6 Å². The smallest absolute Gasteiger partial charge is 0.331 e. The summed E-state index contributed by atoms with van der Waals surface area (Å²) in [5.74, 6) is -0.742. The van der Waals surface area contributed by atoms with Crippen molar-refractivity contribution in [2.45, 2.75) is 82.3 Å². The summed E-state index contributed by atoms with van der Waals surface area (Å²) in [6, 6.07) is 6.69. The molecule has 0 saturated carbocycles. The summed E-state index contributed by atoms with van der Waals surface area (Å²) in [7, 11) is -3.50. The number of likely N-dealkylation sites (tertiary alicyclic amines) is 1. The highest BCUT2D eigenvalue weighted by Gasteiger charge is 2.30. The molecule has 33 heavy (non-hydrogen) atoms. The summed E-state index contributed by atoms with van der Waals surface area (Å²) >= 11 is 0.